The summed E-state index contributed by atoms with van der Waals surface area (Å²) in [6.45, 7) is 4.00. The van der Waals surface area contributed by atoms with E-state index in [1.54, 1.807) is 0 Å². The molecule has 17 heavy (non-hydrogen) atoms. The Kier molecular flexibility index (Phi) is 4.57. The summed E-state index contributed by atoms with van der Waals surface area (Å²) in [4.78, 5) is 11.9. The molecule has 2 fully saturated rings. The lowest BCUT2D eigenvalue weighted by Gasteiger charge is -2.47. The van der Waals surface area contributed by atoms with Crippen LogP contribution in [0.1, 0.15) is 51.9 Å². The summed E-state index contributed by atoms with van der Waals surface area (Å²) >= 11 is 0. The number of hydrogen-bond acceptors (Lipinski definition) is 3. The quantitative estimate of drug-likeness (QED) is 0.693. The number of carbonyl (C=O) groups is 1. The average molecular weight is 240 g/mol. The molecule has 0 saturated heterocycles. The highest BCUT2D eigenvalue weighted by molar-refractivity contribution is 5.92. The van der Waals surface area contributed by atoms with Crippen LogP contribution in [0.15, 0.2) is 0 Å². The molecule has 0 bridgehead atoms. The van der Waals surface area contributed by atoms with Crippen LogP contribution < -0.4 is 0 Å². The molecule has 98 valence electrons. The fraction of sp³-hybridized carbons (Fsp3) is 0.929. The minimum Gasteiger partial charge on any atom is -0.379 e. The van der Waals surface area contributed by atoms with Gasteiger partial charge in [0.1, 0.15) is 5.78 Å². The van der Waals surface area contributed by atoms with Crippen molar-refractivity contribution in [2.24, 2.45) is 5.41 Å². The molecule has 2 aliphatic rings. The Labute approximate surface area is 104 Å². The van der Waals surface area contributed by atoms with Gasteiger partial charge in [0.2, 0.25) is 0 Å². The van der Waals surface area contributed by atoms with Crippen molar-refractivity contribution in [1.82, 2.24) is 0 Å². The molecular formula is C14H24O3. The molecule has 2 saturated carbocycles. The van der Waals surface area contributed by atoms with Gasteiger partial charge in [-0.3, -0.25) is 4.79 Å². The van der Waals surface area contributed by atoms with E-state index in [0.29, 0.717) is 25.4 Å². The van der Waals surface area contributed by atoms with Crippen molar-refractivity contribution >= 4 is 5.78 Å². The van der Waals surface area contributed by atoms with E-state index in [0.717, 1.165) is 19.4 Å². The van der Waals surface area contributed by atoms with Gasteiger partial charge in [-0.15, -0.1) is 0 Å². The van der Waals surface area contributed by atoms with E-state index in [1.165, 1.54) is 25.7 Å². The van der Waals surface area contributed by atoms with Gasteiger partial charge in [-0.05, 0) is 19.8 Å². The van der Waals surface area contributed by atoms with Gasteiger partial charge >= 0.3 is 0 Å². The van der Waals surface area contributed by atoms with E-state index in [4.69, 9.17) is 9.47 Å². The van der Waals surface area contributed by atoms with E-state index in [1.807, 2.05) is 6.92 Å². The van der Waals surface area contributed by atoms with Crippen LogP contribution in [0.25, 0.3) is 0 Å². The highest BCUT2D eigenvalue weighted by Gasteiger charge is 2.54. The molecule has 0 N–H and O–H groups in total. The van der Waals surface area contributed by atoms with Gasteiger partial charge < -0.3 is 9.47 Å². The summed E-state index contributed by atoms with van der Waals surface area (Å²) in [5.41, 5.74) is -0.108. The van der Waals surface area contributed by atoms with Crippen molar-refractivity contribution in [3.05, 3.63) is 0 Å². The summed E-state index contributed by atoms with van der Waals surface area (Å²) in [6, 6.07) is 0. The standard InChI is InChI=1S/C14H24O3/c1-2-16-9-10-17-13-11-12(15)14(13)7-5-3-4-6-8-14/h13H,2-11H2,1H3. The molecule has 0 aromatic carbocycles. The molecule has 0 amide bonds. The molecule has 2 aliphatic carbocycles. The second-order valence-electron chi connectivity index (χ2n) is 5.25. The van der Waals surface area contributed by atoms with Gasteiger partial charge in [-0.1, -0.05) is 25.7 Å². The number of Topliss-reactive ketones (excluding diaryl/α,β-unsaturated/α-hetero) is 1. The number of carbonyl (C=O) groups excluding carboxylic acids is 1. The lowest BCUT2D eigenvalue weighted by Crippen LogP contribution is -2.55. The van der Waals surface area contributed by atoms with Crippen molar-refractivity contribution in [2.45, 2.75) is 58.0 Å². The Morgan fingerprint density at radius 2 is 1.88 bits per heavy atom. The molecule has 0 heterocycles. The predicted octanol–water partition coefficient (Wildman–Crippen LogP) is 2.72. The van der Waals surface area contributed by atoms with Crippen molar-refractivity contribution in [2.75, 3.05) is 19.8 Å². The third-order valence-electron chi connectivity index (χ3n) is 4.29. The molecule has 0 aromatic rings. The SMILES string of the molecule is CCOCCOC1CC(=O)C12CCCCCC2. The van der Waals surface area contributed by atoms with Crippen LogP contribution in [0.3, 0.4) is 0 Å². The monoisotopic (exact) mass is 240 g/mol. The first-order valence-corrected chi connectivity index (χ1v) is 7.02. The van der Waals surface area contributed by atoms with E-state index in [9.17, 15) is 4.79 Å². The average Bonchev–Trinajstić information content (AvgIpc) is 2.60. The van der Waals surface area contributed by atoms with Gasteiger partial charge in [-0.25, -0.2) is 0 Å². The van der Waals surface area contributed by atoms with Crippen LogP contribution in [0, 0.1) is 5.41 Å². The second kappa shape index (κ2) is 5.96. The fourth-order valence-corrected chi connectivity index (χ4v) is 3.19. The van der Waals surface area contributed by atoms with Gasteiger partial charge in [0.15, 0.2) is 0 Å². The molecule has 0 radical (unpaired) electrons. The van der Waals surface area contributed by atoms with Crippen molar-refractivity contribution in [3.8, 4) is 0 Å². The minimum atomic E-state index is -0.108. The Morgan fingerprint density at radius 1 is 1.18 bits per heavy atom. The molecular weight excluding hydrogens is 216 g/mol. The lowest BCUT2D eigenvalue weighted by atomic mass is 9.60. The second-order valence-corrected chi connectivity index (χ2v) is 5.25. The maximum Gasteiger partial charge on any atom is 0.144 e. The highest BCUT2D eigenvalue weighted by atomic mass is 16.5. The third kappa shape index (κ3) is 2.71. The van der Waals surface area contributed by atoms with Crippen LogP contribution in [-0.2, 0) is 14.3 Å². The first kappa shape index (κ1) is 13.0. The van der Waals surface area contributed by atoms with Crippen molar-refractivity contribution in [3.63, 3.8) is 0 Å². The van der Waals surface area contributed by atoms with E-state index in [2.05, 4.69) is 0 Å². The van der Waals surface area contributed by atoms with Crippen LogP contribution in [0.2, 0.25) is 0 Å². The maximum absolute atomic E-state index is 11.9. The van der Waals surface area contributed by atoms with Crippen LogP contribution >= 0.6 is 0 Å². The van der Waals surface area contributed by atoms with E-state index >= 15 is 0 Å². The van der Waals surface area contributed by atoms with Crippen LogP contribution in [-0.4, -0.2) is 31.7 Å². The van der Waals surface area contributed by atoms with Gasteiger partial charge in [0.25, 0.3) is 0 Å². The zero-order chi connectivity index (χ0) is 12.1. The molecule has 3 nitrogen and oxygen atoms in total. The summed E-state index contributed by atoms with van der Waals surface area (Å²) < 4.78 is 11.1. The zero-order valence-electron chi connectivity index (χ0n) is 10.9. The highest BCUT2D eigenvalue weighted by Crippen LogP contribution is 2.49. The summed E-state index contributed by atoms with van der Waals surface area (Å²) in [5.74, 6) is 0.445. The molecule has 0 aromatic heterocycles. The molecule has 0 aliphatic heterocycles. The van der Waals surface area contributed by atoms with Crippen LogP contribution in [0.5, 0.6) is 0 Å². The van der Waals surface area contributed by atoms with E-state index in [-0.39, 0.29) is 11.5 Å². The number of rotatable bonds is 5. The normalized spacial score (nSPS) is 27.8. The Balaban J connectivity index is 1.83. The van der Waals surface area contributed by atoms with Gasteiger partial charge in [-0.2, -0.15) is 0 Å². The molecule has 1 spiro atoms. The zero-order valence-corrected chi connectivity index (χ0v) is 10.9. The number of hydrogen-bond donors (Lipinski definition) is 0. The van der Waals surface area contributed by atoms with E-state index < -0.39 is 0 Å². The molecule has 1 unspecified atom stereocenters. The van der Waals surface area contributed by atoms with Crippen molar-refractivity contribution < 1.29 is 14.3 Å². The molecule has 1 atom stereocenters. The first-order valence-electron chi connectivity index (χ1n) is 7.02. The van der Waals surface area contributed by atoms with Crippen LogP contribution in [0.4, 0.5) is 0 Å². The predicted molar refractivity (Wildman–Crippen MR) is 66.0 cm³/mol. The Hall–Kier alpha value is -0.410. The molecule has 3 heteroatoms. The smallest absolute Gasteiger partial charge is 0.144 e. The van der Waals surface area contributed by atoms with Crippen molar-refractivity contribution in [1.29, 1.82) is 0 Å². The largest absolute Gasteiger partial charge is 0.379 e. The number of ketones is 1. The topological polar surface area (TPSA) is 35.5 Å². The minimum absolute atomic E-state index is 0.108. The third-order valence-corrected chi connectivity index (χ3v) is 4.29. The first-order chi connectivity index (χ1) is 8.29. The van der Waals surface area contributed by atoms with Gasteiger partial charge in [0, 0.05) is 13.0 Å². The number of ether oxygens (including phenoxy) is 2. The summed E-state index contributed by atoms with van der Waals surface area (Å²) in [6.07, 6.45) is 7.84. The lowest BCUT2D eigenvalue weighted by molar-refractivity contribution is -0.168. The Bertz CT molecular complexity index is 254. The fourth-order valence-electron chi connectivity index (χ4n) is 3.19. The van der Waals surface area contributed by atoms with Gasteiger partial charge in [0.05, 0.1) is 24.7 Å². The maximum atomic E-state index is 11.9. The molecule has 2 rings (SSSR count). The summed E-state index contributed by atoms with van der Waals surface area (Å²) in [7, 11) is 0. The summed E-state index contributed by atoms with van der Waals surface area (Å²) in [5, 5.41) is 0. The Morgan fingerprint density at radius 3 is 2.47 bits per heavy atom.